The summed E-state index contributed by atoms with van der Waals surface area (Å²) >= 11 is 0. The van der Waals surface area contributed by atoms with Crippen LogP contribution in [0.5, 0.6) is 0 Å². The molecule has 3 atom stereocenters. The topological polar surface area (TPSA) is 70.6 Å². The van der Waals surface area contributed by atoms with Crippen molar-refractivity contribution in [3.8, 4) is 0 Å². The SMILES string of the molecule is CCCC(C)(O)CNC1CCCC(NC(=O)OC(C)(C)C)C1. The van der Waals surface area contributed by atoms with Gasteiger partial charge < -0.3 is 20.5 Å². The van der Waals surface area contributed by atoms with Crippen LogP contribution in [0.3, 0.4) is 0 Å². The van der Waals surface area contributed by atoms with Crippen LogP contribution in [0.1, 0.15) is 73.1 Å². The van der Waals surface area contributed by atoms with Crippen molar-refractivity contribution in [3.05, 3.63) is 0 Å². The molecule has 22 heavy (non-hydrogen) atoms. The molecular weight excluding hydrogens is 280 g/mol. The fraction of sp³-hybridized carbons (Fsp3) is 0.941. The summed E-state index contributed by atoms with van der Waals surface area (Å²) in [7, 11) is 0. The van der Waals surface area contributed by atoms with E-state index in [2.05, 4.69) is 17.6 Å². The van der Waals surface area contributed by atoms with E-state index in [-0.39, 0.29) is 12.1 Å². The van der Waals surface area contributed by atoms with Gasteiger partial charge in [-0.05, 0) is 59.8 Å². The van der Waals surface area contributed by atoms with Gasteiger partial charge in [-0.1, -0.05) is 13.3 Å². The number of alkyl carbamates (subject to hydrolysis) is 1. The highest BCUT2D eigenvalue weighted by Crippen LogP contribution is 2.20. The van der Waals surface area contributed by atoms with E-state index in [0.29, 0.717) is 12.6 Å². The zero-order chi connectivity index (χ0) is 16.8. The van der Waals surface area contributed by atoms with Gasteiger partial charge in [-0.3, -0.25) is 0 Å². The molecule has 3 N–H and O–H groups in total. The van der Waals surface area contributed by atoms with Crippen molar-refractivity contribution in [1.82, 2.24) is 10.6 Å². The fourth-order valence-electron chi connectivity index (χ4n) is 2.97. The monoisotopic (exact) mass is 314 g/mol. The lowest BCUT2D eigenvalue weighted by Crippen LogP contribution is -2.48. The first-order valence-corrected chi connectivity index (χ1v) is 8.56. The Hall–Kier alpha value is -0.810. The molecule has 0 aromatic carbocycles. The van der Waals surface area contributed by atoms with Crippen molar-refractivity contribution in [2.24, 2.45) is 0 Å². The predicted molar refractivity (Wildman–Crippen MR) is 88.9 cm³/mol. The molecular formula is C17H34N2O3. The van der Waals surface area contributed by atoms with Crippen LogP contribution in [0.4, 0.5) is 4.79 Å². The zero-order valence-electron chi connectivity index (χ0n) is 14.9. The summed E-state index contributed by atoms with van der Waals surface area (Å²) in [6.45, 7) is 10.2. The van der Waals surface area contributed by atoms with E-state index >= 15 is 0 Å². The number of nitrogens with one attached hydrogen (secondary N) is 2. The lowest BCUT2D eigenvalue weighted by atomic mass is 9.90. The molecule has 1 fully saturated rings. The molecule has 1 amide bonds. The molecule has 0 heterocycles. The minimum Gasteiger partial charge on any atom is -0.444 e. The number of carbonyl (C=O) groups is 1. The van der Waals surface area contributed by atoms with Crippen LogP contribution in [0.25, 0.3) is 0 Å². The molecule has 1 rings (SSSR count). The Morgan fingerprint density at radius 3 is 2.45 bits per heavy atom. The summed E-state index contributed by atoms with van der Waals surface area (Å²) in [4.78, 5) is 11.8. The number of ether oxygens (including phenoxy) is 1. The van der Waals surface area contributed by atoms with Crippen LogP contribution in [0.2, 0.25) is 0 Å². The Kier molecular flexibility index (Phi) is 7.13. The average molecular weight is 314 g/mol. The molecule has 0 saturated heterocycles. The number of hydrogen-bond donors (Lipinski definition) is 3. The summed E-state index contributed by atoms with van der Waals surface area (Å²) in [5.74, 6) is 0. The largest absolute Gasteiger partial charge is 0.444 e. The minimum absolute atomic E-state index is 0.150. The molecule has 1 aliphatic carbocycles. The van der Waals surface area contributed by atoms with Gasteiger partial charge in [-0.2, -0.15) is 0 Å². The first-order chi connectivity index (χ1) is 10.1. The number of aliphatic hydroxyl groups is 1. The fourth-order valence-corrected chi connectivity index (χ4v) is 2.97. The molecule has 5 nitrogen and oxygen atoms in total. The molecule has 0 aromatic rings. The van der Waals surface area contributed by atoms with Crippen LogP contribution >= 0.6 is 0 Å². The van der Waals surface area contributed by atoms with Gasteiger partial charge in [0.05, 0.1) is 5.60 Å². The summed E-state index contributed by atoms with van der Waals surface area (Å²) in [5, 5.41) is 16.7. The minimum atomic E-state index is -0.652. The smallest absolute Gasteiger partial charge is 0.407 e. The maximum absolute atomic E-state index is 11.8. The molecule has 0 spiro atoms. The molecule has 1 aliphatic rings. The highest BCUT2D eigenvalue weighted by atomic mass is 16.6. The summed E-state index contributed by atoms with van der Waals surface area (Å²) in [6, 6.07) is 0.495. The van der Waals surface area contributed by atoms with Gasteiger partial charge in [0, 0.05) is 18.6 Å². The highest BCUT2D eigenvalue weighted by molar-refractivity contribution is 5.68. The van der Waals surface area contributed by atoms with Crippen LogP contribution in [-0.2, 0) is 4.74 Å². The van der Waals surface area contributed by atoms with E-state index in [1.54, 1.807) is 0 Å². The second-order valence-corrected chi connectivity index (χ2v) is 7.83. The van der Waals surface area contributed by atoms with Crippen molar-refractivity contribution < 1.29 is 14.6 Å². The maximum Gasteiger partial charge on any atom is 0.407 e. The summed E-state index contributed by atoms with van der Waals surface area (Å²) in [6.07, 6.45) is 5.48. The van der Waals surface area contributed by atoms with Crippen molar-refractivity contribution >= 4 is 6.09 Å². The average Bonchev–Trinajstić information content (AvgIpc) is 2.34. The van der Waals surface area contributed by atoms with E-state index in [9.17, 15) is 9.90 Å². The Morgan fingerprint density at radius 1 is 1.23 bits per heavy atom. The van der Waals surface area contributed by atoms with Gasteiger partial charge >= 0.3 is 6.09 Å². The molecule has 0 aromatic heterocycles. The second kappa shape index (κ2) is 8.16. The van der Waals surface area contributed by atoms with Crippen molar-refractivity contribution in [2.45, 2.75) is 96.4 Å². The van der Waals surface area contributed by atoms with Gasteiger partial charge in [-0.15, -0.1) is 0 Å². The third-order valence-electron chi connectivity index (χ3n) is 3.96. The molecule has 1 saturated carbocycles. The summed E-state index contributed by atoms with van der Waals surface area (Å²) in [5.41, 5.74) is -1.12. The molecule has 0 bridgehead atoms. The van der Waals surface area contributed by atoms with Gasteiger partial charge in [-0.25, -0.2) is 4.79 Å². The predicted octanol–water partition coefficient (Wildman–Crippen LogP) is 2.96. The Bertz CT molecular complexity index is 350. The lowest BCUT2D eigenvalue weighted by Gasteiger charge is -2.33. The molecule has 3 unspecified atom stereocenters. The van der Waals surface area contributed by atoms with Gasteiger partial charge in [0.2, 0.25) is 0 Å². The van der Waals surface area contributed by atoms with Gasteiger partial charge in [0.1, 0.15) is 5.60 Å². The first-order valence-electron chi connectivity index (χ1n) is 8.56. The molecule has 0 radical (unpaired) electrons. The molecule has 5 heteroatoms. The third kappa shape index (κ3) is 7.99. The van der Waals surface area contributed by atoms with Crippen molar-refractivity contribution in [3.63, 3.8) is 0 Å². The molecule has 130 valence electrons. The quantitative estimate of drug-likeness (QED) is 0.705. The lowest BCUT2D eigenvalue weighted by molar-refractivity contribution is 0.0416. The second-order valence-electron chi connectivity index (χ2n) is 7.83. The zero-order valence-corrected chi connectivity index (χ0v) is 14.9. The standard InChI is InChI=1S/C17H34N2O3/c1-6-10-17(5,21)12-18-13-8-7-9-14(11-13)19-15(20)22-16(2,3)4/h13-14,18,21H,6-12H2,1-5H3,(H,19,20). The van der Waals surface area contributed by atoms with E-state index in [1.807, 2.05) is 27.7 Å². The number of carbonyl (C=O) groups excluding carboxylic acids is 1. The van der Waals surface area contributed by atoms with Gasteiger partial charge in [0.25, 0.3) is 0 Å². The Labute approximate surface area is 135 Å². The van der Waals surface area contributed by atoms with E-state index in [1.165, 1.54) is 0 Å². The number of hydrogen-bond acceptors (Lipinski definition) is 4. The van der Waals surface area contributed by atoms with Crippen LogP contribution in [0.15, 0.2) is 0 Å². The molecule has 0 aliphatic heterocycles. The Balaban J connectivity index is 2.37. The highest BCUT2D eigenvalue weighted by Gasteiger charge is 2.27. The van der Waals surface area contributed by atoms with Crippen molar-refractivity contribution in [2.75, 3.05) is 6.54 Å². The Morgan fingerprint density at radius 2 is 1.86 bits per heavy atom. The van der Waals surface area contributed by atoms with E-state index in [0.717, 1.165) is 38.5 Å². The van der Waals surface area contributed by atoms with Gasteiger partial charge in [0.15, 0.2) is 0 Å². The van der Waals surface area contributed by atoms with Crippen LogP contribution < -0.4 is 10.6 Å². The first kappa shape index (κ1) is 19.2. The van der Waals surface area contributed by atoms with E-state index < -0.39 is 11.2 Å². The van der Waals surface area contributed by atoms with Crippen LogP contribution in [-0.4, -0.2) is 41.0 Å². The van der Waals surface area contributed by atoms with Crippen LogP contribution in [0, 0.1) is 0 Å². The van der Waals surface area contributed by atoms with Crippen molar-refractivity contribution in [1.29, 1.82) is 0 Å². The third-order valence-corrected chi connectivity index (χ3v) is 3.96. The number of amides is 1. The number of rotatable bonds is 6. The summed E-state index contributed by atoms with van der Waals surface area (Å²) < 4.78 is 5.31. The maximum atomic E-state index is 11.8. The van der Waals surface area contributed by atoms with E-state index in [4.69, 9.17) is 4.74 Å². The normalized spacial score (nSPS) is 25.4.